The van der Waals surface area contributed by atoms with E-state index in [-0.39, 0.29) is 5.91 Å². The molecule has 2 aromatic heterocycles. The van der Waals surface area contributed by atoms with Gasteiger partial charge in [0.1, 0.15) is 11.0 Å². The first kappa shape index (κ1) is 24.1. The Labute approximate surface area is 187 Å². The van der Waals surface area contributed by atoms with Crippen LogP contribution in [-0.4, -0.2) is 61.5 Å². The molecule has 1 aliphatic heterocycles. The van der Waals surface area contributed by atoms with Crippen LogP contribution in [0.25, 0.3) is 11.0 Å². The maximum Gasteiger partial charge on any atom is 0.490 e. The molecule has 176 valence electrons. The smallest absolute Gasteiger partial charge is 0.475 e. The molecule has 1 aromatic carbocycles. The molecule has 0 atom stereocenters. The molecular formula is C21H23F3N6O3. The maximum absolute atomic E-state index is 12.3. The molecule has 3 N–H and O–H groups in total. The number of piperidine rings is 1. The highest BCUT2D eigenvalue weighted by atomic mass is 19.4. The number of carboxylic acid groups (broad SMARTS) is 1. The Morgan fingerprint density at radius 3 is 2.39 bits per heavy atom. The molecule has 9 nitrogen and oxygen atoms in total. The minimum atomic E-state index is -5.08. The summed E-state index contributed by atoms with van der Waals surface area (Å²) in [5.41, 5.74) is 4.22. The highest BCUT2D eigenvalue weighted by Crippen LogP contribution is 2.15. The van der Waals surface area contributed by atoms with E-state index in [1.54, 1.807) is 6.20 Å². The van der Waals surface area contributed by atoms with Crippen molar-refractivity contribution in [2.24, 2.45) is 0 Å². The van der Waals surface area contributed by atoms with Crippen molar-refractivity contribution in [1.82, 2.24) is 25.3 Å². The van der Waals surface area contributed by atoms with Crippen LogP contribution in [0.4, 0.5) is 18.9 Å². The molecule has 0 saturated carbocycles. The number of hydrogen-bond donors (Lipinski definition) is 3. The first-order valence-corrected chi connectivity index (χ1v) is 10.3. The number of halogens is 3. The Hall–Kier alpha value is -3.54. The van der Waals surface area contributed by atoms with Crippen LogP contribution >= 0.6 is 0 Å². The minimum Gasteiger partial charge on any atom is -0.475 e. The number of fused-ring (bicyclic) bond motifs is 1. The Morgan fingerprint density at radius 2 is 1.76 bits per heavy atom. The third-order valence-corrected chi connectivity index (χ3v) is 4.93. The second-order valence-electron chi connectivity index (χ2n) is 7.55. The van der Waals surface area contributed by atoms with Crippen LogP contribution in [0.2, 0.25) is 0 Å². The molecule has 12 heteroatoms. The van der Waals surface area contributed by atoms with Crippen LogP contribution in [0, 0.1) is 0 Å². The second-order valence-corrected chi connectivity index (χ2v) is 7.55. The number of pyridine rings is 1. The normalized spacial score (nSPS) is 14.4. The Morgan fingerprint density at radius 1 is 1.06 bits per heavy atom. The van der Waals surface area contributed by atoms with E-state index >= 15 is 0 Å². The summed E-state index contributed by atoms with van der Waals surface area (Å²) < 4.78 is 31.7. The molecule has 1 fully saturated rings. The molecule has 1 aliphatic rings. The Balaban J connectivity index is 0.000000383. The predicted molar refractivity (Wildman–Crippen MR) is 113 cm³/mol. The van der Waals surface area contributed by atoms with E-state index in [0.29, 0.717) is 6.42 Å². The van der Waals surface area contributed by atoms with Gasteiger partial charge in [-0.05, 0) is 55.8 Å². The van der Waals surface area contributed by atoms with Gasteiger partial charge in [-0.3, -0.25) is 14.7 Å². The van der Waals surface area contributed by atoms with Gasteiger partial charge in [-0.25, -0.2) is 4.79 Å². The molecule has 3 aromatic rings. The number of aromatic nitrogens is 4. The van der Waals surface area contributed by atoms with E-state index in [1.807, 2.05) is 30.3 Å². The first-order valence-electron chi connectivity index (χ1n) is 10.3. The number of alkyl halides is 3. The molecule has 4 rings (SSSR count). The number of anilines is 1. The van der Waals surface area contributed by atoms with Crippen molar-refractivity contribution in [2.75, 3.05) is 18.4 Å². The number of nitrogens with one attached hydrogen (secondary N) is 2. The van der Waals surface area contributed by atoms with Crippen molar-refractivity contribution in [1.29, 1.82) is 0 Å². The van der Waals surface area contributed by atoms with E-state index in [4.69, 9.17) is 9.90 Å². The molecule has 1 amide bonds. The van der Waals surface area contributed by atoms with Crippen molar-refractivity contribution in [3.8, 4) is 0 Å². The predicted octanol–water partition coefficient (Wildman–Crippen LogP) is 3.15. The Kier molecular flexibility index (Phi) is 7.93. The summed E-state index contributed by atoms with van der Waals surface area (Å²) in [5.74, 6) is -2.83. The zero-order valence-electron chi connectivity index (χ0n) is 17.6. The van der Waals surface area contributed by atoms with Gasteiger partial charge in [0.05, 0.1) is 24.0 Å². The van der Waals surface area contributed by atoms with Gasteiger partial charge in [0.2, 0.25) is 5.91 Å². The molecule has 0 radical (unpaired) electrons. The van der Waals surface area contributed by atoms with Crippen LogP contribution in [0.15, 0.2) is 36.5 Å². The topological polar surface area (TPSA) is 124 Å². The van der Waals surface area contributed by atoms with Crippen molar-refractivity contribution >= 4 is 28.6 Å². The van der Waals surface area contributed by atoms with Crippen LogP contribution in [-0.2, 0) is 22.6 Å². The lowest BCUT2D eigenvalue weighted by molar-refractivity contribution is -0.192. The number of carbonyl (C=O) groups excluding carboxylic acids is 1. The van der Waals surface area contributed by atoms with Gasteiger partial charge in [0, 0.05) is 6.54 Å². The highest BCUT2D eigenvalue weighted by Gasteiger charge is 2.38. The quantitative estimate of drug-likeness (QED) is 0.530. The van der Waals surface area contributed by atoms with Gasteiger partial charge in [-0.1, -0.05) is 12.5 Å². The van der Waals surface area contributed by atoms with Crippen LogP contribution in [0.1, 0.15) is 30.5 Å². The first-order chi connectivity index (χ1) is 15.7. The largest absolute Gasteiger partial charge is 0.490 e. The molecule has 33 heavy (non-hydrogen) atoms. The van der Waals surface area contributed by atoms with Crippen LogP contribution in [0.3, 0.4) is 0 Å². The third-order valence-electron chi connectivity index (χ3n) is 4.93. The number of aromatic amines is 1. The van der Waals surface area contributed by atoms with E-state index in [9.17, 15) is 18.0 Å². The Bertz CT molecular complexity index is 1080. The van der Waals surface area contributed by atoms with Crippen molar-refractivity contribution < 1.29 is 27.9 Å². The molecule has 0 spiro atoms. The lowest BCUT2D eigenvalue weighted by atomic mass is 10.1. The van der Waals surface area contributed by atoms with E-state index in [1.165, 1.54) is 19.3 Å². The van der Waals surface area contributed by atoms with Gasteiger partial charge < -0.3 is 10.4 Å². The average molecular weight is 464 g/mol. The number of hydrogen-bond acceptors (Lipinski definition) is 6. The summed E-state index contributed by atoms with van der Waals surface area (Å²) in [6.07, 6.45) is 0.817. The molecule has 0 aliphatic carbocycles. The second kappa shape index (κ2) is 10.9. The summed E-state index contributed by atoms with van der Waals surface area (Å²) in [4.78, 5) is 28.1. The molecule has 0 unspecified atom stereocenters. The number of H-pyrrole nitrogens is 1. The standard InChI is InChI=1S/C19H22N6O.C2HF3O2/c26-19(11-14-4-7-17-18(10-14)23-24-22-17)21-15-5-6-16(20-12-15)13-25-8-2-1-3-9-25;3-2(4,5)1(6)7/h4-7,10,12H,1-3,8-9,11,13H2,(H,21,26)(H,22,23,24);(H,6,7). The average Bonchev–Trinajstić information content (AvgIpc) is 3.23. The lowest BCUT2D eigenvalue weighted by Crippen LogP contribution is -2.29. The van der Waals surface area contributed by atoms with Gasteiger partial charge in [0.25, 0.3) is 0 Å². The number of carbonyl (C=O) groups is 2. The fourth-order valence-electron chi connectivity index (χ4n) is 3.32. The molecule has 0 bridgehead atoms. The summed E-state index contributed by atoms with van der Waals surface area (Å²) in [7, 11) is 0. The number of nitrogens with zero attached hydrogens (tertiary/aromatic N) is 4. The number of likely N-dealkylation sites (tertiary alicyclic amines) is 1. The van der Waals surface area contributed by atoms with E-state index in [0.717, 1.165) is 47.6 Å². The van der Waals surface area contributed by atoms with Gasteiger partial charge in [-0.15, -0.1) is 0 Å². The van der Waals surface area contributed by atoms with Gasteiger partial charge in [0.15, 0.2) is 0 Å². The van der Waals surface area contributed by atoms with Crippen molar-refractivity contribution in [3.05, 3.63) is 47.8 Å². The van der Waals surface area contributed by atoms with Crippen molar-refractivity contribution in [2.45, 2.75) is 38.4 Å². The number of amides is 1. The third kappa shape index (κ3) is 7.52. The zero-order chi connectivity index (χ0) is 23.8. The molecule has 3 heterocycles. The molecule has 1 saturated heterocycles. The fourth-order valence-corrected chi connectivity index (χ4v) is 3.32. The lowest BCUT2D eigenvalue weighted by Gasteiger charge is -2.25. The zero-order valence-corrected chi connectivity index (χ0v) is 17.6. The fraction of sp³-hybridized carbons (Fsp3) is 0.381. The maximum atomic E-state index is 12.3. The number of benzene rings is 1. The summed E-state index contributed by atoms with van der Waals surface area (Å²) in [6, 6.07) is 9.54. The van der Waals surface area contributed by atoms with Gasteiger partial charge in [-0.2, -0.15) is 28.6 Å². The van der Waals surface area contributed by atoms with Crippen molar-refractivity contribution in [3.63, 3.8) is 0 Å². The van der Waals surface area contributed by atoms with E-state index in [2.05, 4.69) is 30.6 Å². The monoisotopic (exact) mass is 464 g/mol. The van der Waals surface area contributed by atoms with E-state index < -0.39 is 12.1 Å². The summed E-state index contributed by atoms with van der Waals surface area (Å²) in [5, 5.41) is 20.7. The van der Waals surface area contributed by atoms with Gasteiger partial charge >= 0.3 is 12.1 Å². The summed E-state index contributed by atoms with van der Waals surface area (Å²) in [6.45, 7) is 3.18. The minimum absolute atomic E-state index is 0.0709. The van der Waals surface area contributed by atoms with Crippen LogP contribution < -0.4 is 5.32 Å². The number of carboxylic acids is 1. The number of rotatable bonds is 5. The van der Waals surface area contributed by atoms with Crippen LogP contribution in [0.5, 0.6) is 0 Å². The number of aliphatic carboxylic acids is 1. The summed E-state index contributed by atoms with van der Waals surface area (Å²) >= 11 is 0. The SMILES string of the molecule is O=C(Cc1ccc2n[nH]nc2c1)Nc1ccc(CN2CCCCC2)nc1.O=C(O)C(F)(F)F. The molecular weight excluding hydrogens is 441 g/mol. The highest BCUT2D eigenvalue weighted by molar-refractivity contribution is 5.92.